The zero-order chi connectivity index (χ0) is 27.4. The van der Waals surface area contributed by atoms with Crippen LogP contribution in [0.1, 0.15) is 35.1 Å². The summed E-state index contributed by atoms with van der Waals surface area (Å²) in [5.74, 6) is 1.28. The minimum atomic E-state index is -0.279. The number of halogens is 1. The second-order valence-corrected chi connectivity index (χ2v) is 9.72. The van der Waals surface area contributed by atoms with Gasteiger partial charge < -0.3 is 10.1 Å². The SMILES string of the molecule is CCCc1nc2ccc(NC(=O)c3ccc(Cl)cc3)cc2c(=O)n1Cc1ccc(-c2ccc(OC)cc2)cc1. The first kappa shape index (κ1) is 26.2. The fraction of sp³-hybridized carbons (Fsp3) is 0.156. The fourth-order valence-electron chi connectivity index (χ4n) is 4.50. The number of nitrogens with one attached hydrogen (secondary N) is 1. The van der Waals surface area contributed by atoms with Crippen LogP contribution in [0.2, 0.25) is 5.02 Å². The van der Waals surface area contributed by atoms with Crippen LogP contribution in [-0.4, -0.2) is 22.6 Å². The van der Waals surface area contributed by atoms with Gasteiger partial charge in [0, 0.05) is 22.7 Å². The molecule has 0 bridgehead atoms. The van der Waals surface area contributed by atoms with E-state index in [0.717, 1.165) is 34.7 Å². The van der Waals surface area contributed by atoms with Crippen molar-refractivity contribution in [2.45, 2.75) is 26.3 Å². The number of rotatable bonds is 8. The molecule has 0 spiro atoms. The second-order valence-electron chi connectivity index (χ2n) is 9.29. The van der Waals surface area contributed by atoms with Crippen LogP contribution in [0.5, 0.6) is 5.75 Å². The van der Waals surface area contributed by atoms with Gasteiger partial charge in [0.05, 0.1) is 24.6 Å². The topological polar surface area (TPSA) is 73.2 Å². The van der Waals surface area contributed by atoms with Crippen LogP contribution < -0.4 is 15.6 Å². The highest BCUT2D eigenvalue weighted by molar-refractivity contribution is 6.30. The lowest BCUT2D eigenvalue weighted by atomic mass is 10.0. The molecule has 0 aliphatic heterocycles. The van der Waals surface area contributed by atoms with Crippen molar-refractivity contribution in [3.8, 4) is 16.9 Å². The van der Waals surface area contributed by atoms with E-state index in [9.17, 15) is 9.59 Å². The number of nitrogens with zero attached hydrogens (tertiary/aromatic N) is 2. The van der Waals surface area contributed by atoms with Gasteiger partial charge >= 0.3 is 0 Å². The number of anilines is 1. The molecule has 6 nitrogen and oxygen atoms in total. The zero-order valence-electron chi connectivity index (χ0n) is 21.8. The Morgan fingerprint density at radius 2 is 1.59 bits per heavy atom. The molecule has 196 valence electrons. The number of ether oxygens (including phenoxy) is 1. The normalized spacial score (nSPS) is 10.9. The Hall–Kier alpha value is -4.42. The van der Waals surface area contributed by atoms with Gasteiger partial charge in [-0.1, -0.05) is 54.9 Å². The first-order valence-electron chi connectivity index (χ1n) is 12.8. The largest absolute Gasteiger partial charge is 0.497 e. The Morgan fingerprint density at radius 3 is 2.23 bits per heavy atom. The summed E-state index contributed by atoms with van der Waals surface area (Å²) in [6.07, 6.45) is 1.55. The van der Waals surface area contributed by atoms with Crippen LogP contribution >= 0.6 is 11.6 Å². The molecule has 0 saturated carbocycles. The number of carbonyl (C=O) groups is 1. The minimum absolute atomic E-state index is 0.134. The second kappa shape index (κ2) is 11.5. The quantitative estimate of drug-likeness (QED) is 0.232. The third kappa shape index (κ3) is 5.86. The molecule has 0 atom stereocenters. The Bertz CT molecular complexity index is 1680. The van der Waals surface area contributed by atoms with Gasteiger partial charge in [0.15, 0.2) is 0 Å². The van der Waals surface area contributed by atoms with Crippen molar-refractivity contribution in [2.75, 3.05) is 12.4 Å². The summed E-state index contributed by atoms with van der Waals surface area (Å²) in [5.41, 5.74) is 4.66. The Kier molecular flexibility index (Phi) is 7.75. The maximum absolute atomic E-state index is 13.7. The summed E-state index contributed by atoms with van der Waals surface area (Å²) in [4.78, 5) is 31.2. The van der Waals surface area contributed by atoms with Crippen LogP contribution in [-0.2, 0) is 13.0 Å². The van der Waals surface area contributed by atoms with Crippen LogP contribution in [0.15, 0.2) is 95.8 Å². The number of aromatic nitrogens is 2. The van der Waals surface area contributed by atoms with E-state index in [-0.39, 0.29) is 11.5 Å². The number of carbonyl (C=O) groups excluding carboxylic acids is 1. The summed E-state index contributed by atoms with van der Waals surface area (Å²) < 4.78 is 6.99. The molecule has 0 fully saturated rings. The van der Waals surface area contributed by atoms with E-state index < -0.39 is 0 Å². The van der Waals surface area contributed by atoms with Gasteiger partial charge in [0.1, 0.15) is 11.6 Å². The number of hydrogen-bond acceptors (Lipinski definition) is 4. The van der Waals surface area contributed by atoms with Crippen molar-refractivity contribution in [3.63, 3.8) is 0 Å². The van der Waals surface area contributed by atoms with E-state index in [1.807, 2.05) is 36.4 Å². The molecule has 0 aliphatic rings. The Morgan fingerprint density at radius 1 is 0.923 bits per heavy atom. The van der Waals surface area contributed by atoms with Gasteiger partial charge in [-0.3, -0.25) is 14.2 Å². The average molecular weight is 538 g/mol. The smallest absolute Gasteiger partial charge is 0.261 e. The van der Waals surface area contributed by atoms with Crippen molar-refractivity contribution in [2.24, 2.45) is 0 Å². The van der Waals surface area contributed by atoms with Crippen LogP contribution in [0, 0.1) is 0 Å². The summed E-state index contributed by atoms with van der Waals surface area (Å²) >= 11 is 5.93. The lowest BCUT2D eigenvalue weighted by molar-refractivity contribution is 0.102. The molecule has 0 unspecified atom stereocenters. The molecule has 1 amide bonds. The molecule has 0 radical (unpaired) electrons. The van der Waals surface area contributed by atoms with Gasteiger partial charge in [-0.15, -0.1) is 0 Å². The molecule has 5 aromatic rings. The van der Waals surface area contributed by atoms with Gasteiger partial charge in [-0.25, -0.2) is 4.98 Å². The third-order valence-electron chi connectivity index (χ3n) is 6.59. The summed E-state index contributed by atoms with van der Waals surface area (Å²) in [5, 5.41) is 3.88. The van der Waals surface area contributed by atoms with E-state index in [1.165, 1.54) is 0 Å². The number of fused-ring (bicyclic) bond motifs is 1. The molecule has 5 rings (SSSR count). The molecule has 1 aromatic heterocycles. The van der Waals surface area contributed by atoms with E-state index in [4.69, 9.17) is 21.3 Å². The fourth-order valence-corrected chi connectivity index (χ4v) is 4.62. The van der Waals surface area contributed by atoms with Gasteiger partial charge in [-0.05, 0) is 77.7 Å². The monoisotopic (exact) mass is 537 g/mol. The number of methoxy groups -OCH3 is 1. The predicted molar refractivity (Wildman–Crippen MR) is 157 cm³/mol. The molecule has 4 aromatic carbocycles. The Labute approximate surface area is 231 Å². The van der Waals surface area contributed by atoms with Crippen LogP contribution in [0.4, 0.5) is 5.69 Å². The van der Waals surface area contributed by atoms with Crippen molar-refractivity contribution in [1.82, 2.24) is 9.55 Å². The molecular weight excluding hydrogens is 510 g/mol. The van der Waals surface area contributed by atoms with Crippen molar-refractivity contribution < 1.29 is 9.53 Å². The summed E-state index contributed by atoms with van der Waals surface area (Å²) in [7, 11) is 1.65. The molecule has 0 saturated heterocycles. The van der Waals surface area contributed by atoms with Gasteiger partial charge in [-0.2, -0.15) is 0 Å². The zero-order valence-corrected chi connectivity index (χ0v) is 22.5. The van der Waals surface area contributed by atoms with Crippen molar-refractivity contribution in [3.05, 3.63) is 123 Å². The first-order valence-corrected chi connectivity index (χ1v) is 13.2. The molecule has 7 heteroatoms. The lowest BCUT2D eigenvalue weighted by Crippen LogP contribution is -2.26. The number of hydrogen-bond donors (Lipinski definition) is 1. The molecule has 1 N–H and O–H groups in total. The minimum Gasteiger partial charge on any atom is -0.497 e. The van der Waals surface area contributed by atoms with Gasteiger partial charge in [0.2, 0.25) is 0 Å². The van der Waals surface area contributed by atoms with E-state index in [0.29, 0.717) is 40.1 Å². The average Bonchev–Trinajstić information content (AvgIpc) is 2.96. The Balaban J connectivity index is 1.44. The highest BCUT2D eigenvalue weighted by Crippen LogP contribution is 2.23. The molecule has 1 heterocycles. The molecule has 0 aliphatic carbocycles. The van der Waals surface area contributed by atoms with E-state index >= 15 is 0 Å². The number of aryl methyl sites for hydroxylation is 1. The third-order valence-corrected chi connectivity index (χ3v) is 6.84. The number of benzene rings is 4. The van der Waals surface area contributed by atoms with Crippen molar-refractivity contribution in [1.29, 1.82) is 0 Å². The first-order chi connectivity index (χ1) is 18.9. The van der Waals surface area contributed by atoms with Gasteiger partial charge in [0.25, 0.3) is 11.5 Å². The van der Waals surface area contributed by atoms with E-state index in [2.05, 4.69) is 24.4 Å². The van der Waals surface area contributed by atoms with Crippen molar-refractivity contribution >= 4 is 34.1 Å². The lowest BCUT2D eigenvalue weighted by Gasteiger charge is -2.14. The molecule has 39 heavy (non-hydrogen) atoms. The maximum Gasteiger partial charge on any atom is 0.261 e. The molecular formula is C32H28ClN3O3. The van der Waals surface area contributed by atoms with Crippen LogP contribution in [0.25, 0.3) is 22.0 Å². The maximum atomic E-state index is 13.7. The summed E-state index contributed by atoms with van der Waals surface area (Å²) in [6, 6.07) is 28.0. The highest BCUT2D eigenvalue weighted by Gasteiger charge is 2.14. The summed E-state index contributed by atoms with van der Waals surface area (Å²) in [6.45, 7) is 2.47. The standard InChI is InChI=1S/C32H28ClN3O3/c1-3-4-30-35-29-18-15-26(34-31(37)24-9-13-25(33)14-10-24)19-28(29)32(38)36(30)20-21-5-7-22(8-6-21)23-11-16-27(39-2)17-12-23/h5-19H,3-4,20H2,1-2H3,(H,34,37). The predicted octanol–water partition coefficient (Wildman–Crippen LogP) is 6.98. The highest BCUT2D eigenvalue weighted by atomic mass is 35.5. The van der Waals surface area contributed by atoms with E-state index in [1.54, 1.807) is 54.1 Å². The number of amides is 1. The van der Waals surface area contributed by atoms with Crippen LogP contribution in [0.3, 0.4) is 0 Å².